The van der Waals surface area contributed by atoms with E-state index in [4.69, 9.17) is 4.74 Å². The molecule has 15 heteroatoms. The number of nitrogens with one attached hydrogen (secondary N) is 1. The number of carbonyl (C=O) groups excluding carboxylic acids is 2. The van der Waals surface area contributed by atoms with Gasteiger partial charge < -0.3 is 15.2 Å². The normalized spacial score (nSPS) is 15.2. The number of hydrogen-bond acceptors (Lipinski definition) is 7. The molecule has 0 saturated heterocycles. The van der Waals surface area contributed by atoms with Crippen LogP contribution in [0.2, 0.25) is 0 Å². The van der Waals surface area contributed by atoms with Crippen LogP contribution in [0.15, 0.2) is 60.0 Å². The fourth-order valence-corrected chi connectivity index (χ4v) is 3.99. The fourth-order valence-electron chi connectivity index (χ4n) is 3.99. The summed E-state index contributed by atoms with van der Waals surface area (Å²) in [5, 5.41) is 18.0. The monoisotopic (exact) mass is 609 g/mol. The van der Waals surface area contributed by atoms with Crippen molar-refractivity contribution in [1.82, 2.24) is 20.3 Å². The highest BCUT2D eigenvalue weighted by atomic mass is 19.4. The Hall–Kier alpha value is -4.53. The van der Waals surface area contributed by atoms with E-state index in [9.17, 15) is 41.0 Å². The number of halogens is 6. The molecular formula is C28H25F6N5O4. The molecule has 2 aromatic carbocycles. The van der Waals surface area contributed by atoms with E-state index >= 15 is 0 Å². The van der Waals surface area contributed by atoms with Crippen molar-refractivity contribution >= 4 is 18.0 Å². The Labute approximate surface area is 241 Å². The van der Waals surface area contributed by atoms with Crippen molar-refractivity contribution in [3.63, 3.8) is 0 Å². The first-order chi connectivity index (χ1) is 20.1. The predicted molar refractivity (Wildman–Crippen MR) is 140 cm³/mol. The van der Waals surface area contributed by atoms with Gasteiger partial charge in [-0.15, -0.1) is 0 Å². The molecule has 1 unspecified atom stereocenters. The number of hydrogen-bond donors (Lipinski definition) is 2. The maximum Gasteiger partial charge on any atom is 0.416 e. The summed E-state index contributed by atoms with van der Waals surface area (Å²) in [5.41, 5.74) is -4.92. The maximum absolute atomic E-state index is 13.3. The molecule has 2 amide bonds. The Morgan fingerprint density at radius 1 is 1.05 bits per heavy atom. The summed E-state index contributed by atoms with van der Waals surface area (Å²) in [6, 6.07) is 6.27. The number of aromatic nitrogens is 2. The second-order valence-electron chi connectivity index (χ2n) is 9.80. The van der Waals surface area contributed by atoms with Crippen LogP contribution >= 0.6 is 0 Å². The molecule has 0 aliphatic heterocycles. The van der Waals surface area contributed by atoms with Crippen LogP contribution in [-0.2, 0) is 23.7 Å². The Balaban J connectivity index is 1.58. The molecule has 0 radical (unpaired) electrons. The van der Waals surface area contributed by atoms with Gasteiger partial charge in [0.2, 0.25) is 0 Å². The molecule has 9 nitrogen and oxygen atoms in total. The number of nitrogens with zero attached hydrogens (tertiary/aromatic N) is 4. The zero-order chi connectivity index (χ0) is 31.6. The second kappa shape index (κ2) is 12.0. The molecule has 228 valence electrons. The van der Waals surface area contributed by atoms with Crippen molar-refractivity contribution in [3.05, 3.63) is 88.5 Å². The second-order valence-corrected chi connectivity index (χ2v) is 9.80. The molecule has 0 spiro atoms. The average molecular weight is 610 g/mol. The average Bonchev–Trinajstić information content (AvgIpc) is 3.72. The van der Waals surface area contributed by atoms with Crippen LogP contribution in [0.1, 0.15) is 64.2 Å². The van der Waals surface area contributed by atoms with Gasteiger partial charge in [0.15, 0.2) is 0 Å². The van der Waals surface area contributed by atoms with E-state index < -0.39 is 52.5 Å². The van der Waals surface area contributed by atoms with Crippen molar-refractivity contribution in [2.75, 3.05) is 7.11 Å². The lowest BCUT2D eigenvalue weighted by molar-refractivity contribution is -0.144. The van der Waals surface area contributed by atoms with E-state index in [1.807, 2.05) is 0 Å². The molecule has 1 aliphatic rings. The van der Waals surface area contributed by atoms with Gasteiger partial charge in [-0.25, -0.2) is 5.01 Å². The molecule has 1 fully saturated rings. The molecule has 0 bridgehead atoms. The third kappa shape index (κ3) is 7.66. The molecule has 1 heterocycles. The summed E-state index contributed by atoms with van der Waals surface area (Å²) in [6.07, 6.45) is -6.04. The molecule has 1 aliphatic carbocycles. The first-order valence-electron chi connectivity index (χ1n) is 12.7. The van der Waals surface area contributed by atoms with Gasteiger partial charge in [-0.1, -0.05) is 12.1 Å². The highest BCUT2D eigenvalue weighted by Crippen LogP contribution is 2.38. The van der Waals surface area contributed by atoms with Crippen molar-refractivity contribution in [2.45, 2.75) is 50.3 Å². The molecule has 2 N–H and O–H groups in total. The van der Waals surface area contributed by atoms with Crippen LogP contribution in [0.4, 0.5) is 26.3 Å². The minimum atomic E-state index is -5.13. The van der Waals surface area contributed by atoms with Crippen molar-refractivity contribution < 1.29 is 45.8 Å². The Kier molecular flexibility index (Phi) is 8.76. The molecule has 1 aromatic heterocycles. The van der Waals surface area contributed by atoms with Crippen LogP contribution < -0.4 is 10.1 Å². The van der Waals surface area contributed by atoms with E-state index in [1.165, 1.54) is 26.4 Å². The number of benzene rings is 2. The van der Waals surface area contributed by atoms with Gasteiger partial charge >= 0.3 is 12.4 Å². The highest BCUT2D eigenvalue weighted by Gasteiger charge is 2.50. The molecule has 3 aromatic rings. The van der Waals surface area contributed by atoms with Gasteiger partial charge in [-0.3, -0.25) is 19.6 Å². The summed E-state index contributed by atoms with van der Waals surface area (Å²) in [4.78, 5) is 34.0. The SMILES string of the molecule is COc1ccc(CN(/N=C/c2nccnc2C(C)NC(=O)c2cc(C(F)(F)F)cc(C(F)(F)F)c2)C(=O)C2(O)CC2)cc1. The Bertz CT molecular complexity index is 1490. The predicted octanol–water partition coefficient (Wildman–Crippen LogP) is 4.90. The molecule has 43 heavy (non-hydrogen) atoms. The van der Waals surface area contributed by atoms with Gasteiger partial charge in [0.05, 0.1) is 42.7 Å². The number of hydrazone groups is 1. The van der Waals surface area contributed by atoms with Crippen LogP contribution in [0.3, 0.4) is 0 Å². The van der Waals surface area contributed by atoms with Crippen LogP contribution in [-0.4, -0.2) is 50.8 Å². The Morgan fingerprint density at radius 2 is 1.63 bits per heavy atom. The van der Waals surface area contributed by atoms with E-state index in [2.05, 4.69) is 20.4 Å². The number of ether oxygens (including phenoxy) is 1. The lowest BCUT2D eigenvalue weighted by Gasteiger charge is -2.21. The fraction of sp³-hybridized carbons (Fsp3) is 0.321. The van der Waals surface area contributed by atoms with Gasteiger partial charge in [0.25, 0.3) is 11.8 Å². The standard InChI is InChI=1S/C28H25F6N5O4/c1-16(38-24(40)18-11-19(27(29,30)31)13-20(12-18)28(32,33)34)23-22(35-9-10-36-23)14-37-39(25(41)26(42)7-8-26)15-17-3-5-21(43-2)6-4-17/h3-6,9-14,16,42H,7-8,15H2,1-2H3,(H,38,40)/b37-14+. The van der Waals surface area contributed by atoms with Gasteiger partial charge in [-0.2, -0.15) is 31.4 Å². The van der Waals surface area contributed by atoms with Crippen molar-refractivity contribution in [2.24, 2.45) is 5.10 Å². The molecule has 4 rings (SSSR count). The molecular weight excluding hydrogens is 584 g/mol. The van der Waals surface area contributed by atoms with Gasteiger partial charge in [-0.05, 0) is 55.7 Å². The van der Waals surface area contributed by atoms with Crippen LogP contribution in [0, 0.1) is 0 Å². The lowest BCUT2D eigenvalue weighted by atomic mass is 10.0. The lowest BCUT2D eigenvalue weighted by Crippen LogP contribution is -2.37. The summed E-state index contributed by atoms with van der Waals surface area (Å²) < 4.78 is 84.7. The molecule has 1 atom stereocenters. The number of methoxy groups -OCH3 is 1. The third-order valence-corrected chi connectivity index (χ3v) is 6.53. The largest absolute Gasteiger partial charge is 0.497 e. The van der Waals surface area contributed by atoms with E-state index in [-0.39, 0.29) is 36.8 Å². The zero-order valence-corrected chi connectivity index (χ0v) is 22.7. The molecule has 1 saturated carbocycles. The topological polar surface area (TPSA) is 117 Å². The summed E-state index contributed by atoms with van der Waals surface area (Å²) in [6.45, 7) is 1.37. The van der Waals surface area contributed by atoms with Gasteiger partial charge in [0, 0.05) is 18.0 Å². The quantitative estimate of drug-likeness (QED) is 0.203. The summed E-state index contributed by atoms with van der Waals surface area (Å²) in [5.74, 6) is -1.28. The van der Waals surface area contributed by atoms with Crippen molar-refractivity contribution in [1.29, 1.82) is 0 Å². The highest BCUT2D eigenvalue weighted by molar-refractivity contribution is 5.95. The maximum atomic E-state index is 13.3. The number of alkyl halides is 6. The first-order valence-corrected chi connectivity index (χ1v) is 12.7. The van der Waals surface area contributed by atoms with Gasteiger partial charge in [0.1, 0.15) is 17.0 Å². The van der Waals surface area contributed by atoms with E-state index in [0.717, 1.165) is 11.2 Å². The van der Waals surface area contributed by atoms with Crippen molar-refractivity contribution in [3.8, 4) is 5.75 Å². The first kappa shape index (κ1) is 31.4. The zero-order valence-electron chi connectivity index (χ0n) is 22.7. The third-order valence-electron chi connectivity index (χ3n) is 6.53. The minimum absolute atomic E-state index is 0.0272. The minimum Gasteiger partial charge on any atom is -0.497 e. The number of rotatable bonds is 9. The van der Waals surface area contributed by atoms with E-state index in [1.54, 1.807) is 24.3 Å². The van der Waals surface area contributed by atoms with Crippen LogP contribution in [0.5, 0.6) is 5.75 Å². The van der Waals surface area contributed by atoms with Crippen LogP contribution in [0.25, 0.3) is 0 Å². The Morgan fingerprint density at radius 3 is 2.16 bits per heavy atom. The number of carbonyl (C=O) groups is 2. The summed E-state index contributed by atoms with van der Waals surface area (Å²) in [7, 11) is 1.50. The smallest absolute Gasteiger partial charge is 0.416 e. The summed E-state index contributed by atoms with van der Waals surface area (Å²) >= 11 is 0. The van der Waals surface area contributed by atoms with E-state index in [0.29, 0.717) is 23.4 Å². The number of aliphatic hydroxyl groups is 1. The number of amides is 2.